The van der Waals surface area contributed by atoms with Gasteiger partial charge < -0.3 is 14.8 Å². The summed E-state index contributed by atoms with van der Waals surface area (Å²) in [7, 11) is 0. The number of carbonyl (C=O) groups excluding carboxylic acids is 2. The lowest BCUT2D eigenvalue weighted by molar-refractivity contribution is -0.146. The zero-order valence-corrected chi connectivity index (χ0v) is 15.8. The van der Waals surface area contributed by atoms with Crippen LogP contribution in [0.2, 0.25) is 0 Å². The molecule has 1 spiro atoms. The van der Waals surface area contributed by atoms with Crippen LogP contribution in [0.15, 0.2) is 41.3 Å². The van der Waals surface area contributed by atoms with Crippen molar-refractivity contribution >= 4 is 11.8 Å². The minimum absolute atomic E-state index is 0.0615. The topological polar surface area (TPSA) is 73.5 Å². The molecule has 0 bridgehead atoms. The fourth-order valence-corrected chi connectivity index (χ4v) is 4.35. The summed E-state index contributed by atoms with van der Waals surface area (Å²) in [4.78, 5) is 43.6. The quantitative estimate of drug-likeness (QED) is 0.858. The molecule has 29 heavy (non-hydrogen) atoms. The van der Waals surface area contributed by atoms with Gasteiger partial charge in [-0.2, -0.15) is 0 Å². The normalized spacial score (nSPS) is 21.8. The maximum Gasteiger partial charge on any atom is 0.260 e. The number of halogens is 2. The summed E-state index contributed by atoms with van der Waals surface area (Å²) >= 11 is 0. The third kappa shape index (κ3) is 3.54. The molecule has 2 fully saturated rings. The Balaban J connectivity index is 1.50. The van der Waals surface area contributed by atoms with E-state index >= 15 is 0 Å². The van der Waals surface area contributed by atoms with Crippen LogP contribution in [0.4, 0.5) is 8.78 Å². The summed E-state index contributed by atoms with van der Waals surface area (Å²) in [6.07, 6.45) is 3.42. The van der Waals surface area contributed by atoms with Crippen LogP contribution in [0.5, 0.6) is 0 Å². The fourth-order valence-electron chi connectivity index (χ4n) is 4.35. The molecule has 1 aromatic carbocycles. The van der Waals surface area contributed by atoms with E-state index in [9.17, 15) is 23.2 Å². The first-order valence-corrected chi connectivity index (χ1v) is 9.60. The van der Waals surface area contributed by atoms with Crippen LogP contribution in [0.3, 0.4) is 0 Å². The monoisotopic (exact) mass is 401 g/mol. The van der Waals surface area contributed by atoms with E-state index in [0.717, 1.165) is 18.6 Å². The minimum Gasteiger partial charge on any atom is -0.338 e. The van der Waals surface area contributed by atoms with E-state index < -0.39 is 22.6 Å². The Bertz CT molecular complexity index is 1020. The van der Waals surface area contributed by atoms with Crippen LogP contribution in [0, 0.1) is 17.0 Å². The number of carbonyl (C=O) groups is 2. The Morgan fingerprint density at radius 2 is 1.93 bits per heavy atom. The van der Waals surface area contributed by atoms with Crippen molar-refractivity contribution in [1.82, 2.24) is 14.8 Å². The molecule has 0 unspecified atom stereocenters. The number of hydrogen-bond acceptors (Lipinski definition) is 3. The Labute approximate surface area is 166 Å². The summed E-state index contributed by atoms with van der Waals surface area (Å²) in [5, 5.41) is 0. The van der Waals surface area contributed by atoms with Gasteiger partial charge in [-0.25, -0.2) is 8.78 Å². The van der Waals surface area contributed by atoms with Crippen LogP contribution in [-0.4, -0.2) is 46.2 Å². The molecule has 2 aliphatic rings. The predicted molar refractivity (Wildman–Crippen MR) is 101 cm³/mol. The van der Waals surface area contributed by atoms with Crippen molar-refractivity contribution in [1.29, 1.82) is 0 Å². The van der Waals surface area contributed by atoms with Gasteiger partial charge in [-0.05, 0) is 49.1 Å². The molecule has 0 saturated carbocycles. The first-order valence-electron chi connectivity index (χ1n) is 9.60. The third-order valence-corrected chi connectivity index (χ3v) is 5.87. The molecule has 2 saturated heterocycles. The lowest BCUT2D eigenvalue weighted by atomic mass is 9.78. The van der Waals surface area contributed by atoms with E-state index in [0.29, 0.717) is 31.5 Å². The van der Waals surface area contributed by atoms with Gasteiger partial charge in [-0.15, -0.1) is 0 Å². The molecule has 1 aromatic heterocycles. The largest absolute Gasteiger partial charge is 0.338 e. The number of nitrogens with one attached hydrogen (secondary N) is 1. The number of hydrogen-bond donors (Lipinski definition) is 1. The average molecular weight is 401 g/mol. The molecule has 3 heterocycles. The number of likely N-dealkylation sites (tertiary alicyclic amines) is 2. The molecule has 1 atom stereocenters. The molecule has 2 aliphatic heterocycles. The van der Waals surface area contributed by atoms with Crippen LogP contribution in [-0.2, 0) is 11.3 Å². The highest BCUT2D eigenvalue weighted by Gasteiger charge is 2.49. The van der Waals surface area contributed by atoms with Crippen molar-refractivity contribution < 1.29 is 18.4 Å². The third-order valence-electron chi connectivity index (χ3n) is 5.87. The molecule has 8 heteroatoms. The van der Waals surface area contributed by atoms with Gasteiger partial charge in [-0.1, -0.05) is 6.07 Å². The Hall–Kier alpha value is -3.03. The molecule has 0 radical (unpaired) electrons. The summed E-state index contributed by atoms with van der Waals surface area (Å²) in [6, 6.07) is 6.71. The highest BCUT2D eigenvalue weighted by molar-refractivity contribution is 5.95. The minimum atomic E-state index is -0.938. The number of pyridine rings is 1. The van der Waals surface area contributed by atoms with Gasteiger partial charge in [0.2, 0.25) is 5.91 Å². The van der Waals surface area contributed by atoms with Crippen molar-refractivity contribution in [3.8, 4) is 0 Å². The second kappa shape index (κ2) is 7.42. The standard InChI is InChI=1S/C21H21F2N3O3/c22-16-5-4-14(11-17(16)23)12-25-9-2-6-21(20(25)29)7-10-26(13-21)19(28)15-3-1-8-24-18(15)27/h1,3-5,8,11H,2,6-7,9-10,12-13H2,(H,24,27)/t21-/m1/s1. The first-order chi connectivity index (χ1) is 13.9. The smallest absolute Gasteiger partial charge is 0.260 e. The number of H-pyrrole nitrogens is 1. The van der Waals surface area contributed by atoms with Crippen LogP contribution in [0.25, 0.3) is 0 Å². The first kappa shape index (κ1) is 19.3. The second-order valence-electron chi connectivity index (χ2n) is 7.75. The maximum absolute atomic E-state index is 13.5. The number of aromatic amines is 1. The molecular weight excluding hydrogens is 380 g/mol. The number of benzene rings is 1. The highest BCUT2D eigenvalue weighted by Crippen LogP contribution is 2.40. The van der Waals surface area contributed by atoms with Crippen molar-refractivity contribution in [2.24, 2.45) is 5.41 Å². The molecule has 0 aliphatic carbocycles. The number of nitrogens with zero attached hydrogens (tertiary/aromatic N) is 2. The molecule has 2 amide bonds. The molecule has 152 valence electrons. The lowest BCUT2D eigenvalue weighted by Gasteiger charge is -2.39. The van der Waals surface area contributed by atoms with E-state index in [1.54, 1.807) is 15.9 Å². The van der Waals surface area contributed by atoms with Crippen molar-refractivity contribution in [2.45, 2.75) is 25.8 Å². The van der Waals surface area contributed by atoms with E-state index in [1.807, 2.05) is 0 Å². The molecule has 4 rings (SSSR count). The fraction of sp³-hybridized carbons (Fsp3) is 0.381. The molecular formula is C21H21F2N3O3. The second-order valence-corrected chi connectivity index (χ2v) is 7.75. The van der Waals surface area contributed by atoms with Crippen molar-refractivity contribution in [3.63, 3.8) is 0 Å². The number of amides is 2. The van der Waals surface area contributed by atoms with E-state index in [4.69, 9.17) is 0 Å². The SMILES string of the molecule is O=C(c1ccc[nH]c1=O)N1CC[C@]2(CCCN(Cc3ccc(F)c(F)c3)C2=O)C1. The zero-order valence-electron chi connectivity index (χ0n) is 15.8. The van der Waals surface area contributed by atoms with E-state index in [2.05, 4.69) is 4.98 Å². The summed E-state index contributed by atoms with van der Waals surface area (Å²) in [5.74, 6) is -2.32. The summed E-state index contributed by atoms with van der Waals surface area (Å²) in [6.45, 7) is 1.39. The van der Waals surface area contributed by atoms with Gasteiger partial charge in [0.05, 0.1) is 5.41 Å². The number of piperidine rings is 1. The van der Waals surface area contributed by atoms with E-state index in [1.165, 1.54) is 18.3 Å². The Kier molecular flexibility index (Phi) is 4.94. The van der Waals surface area contributed by atoms with Gasteiger partial charge in [0, 0.05) is 32.4 Å². The van der Waals surface area contributed by atoms with E-state index in [-0.39, 0.29) is 30.5 Å². The summed E-state index contributed by atoms with van der Waals surface area (Å²) in [5.41, 5.74) is -0.551. The Morgan fingerprint density at radius 3 is 2.69 bits per heavy atom. The van der Waals surface area contributed by atoms with Crippen LogP contribution in [0.1, 0.15) is 35.2 Å². The maximum atomic E-state index is 13.5. The average Bonchev–Trinajstić information content (AvgIpc) is 3.13. The van der Waals surface area contributed by atoms with Crippen LogP contribution < -0.4 is 5.56 Å². The van der Waals surface area contributed by atoms with Gasteiger partial charge in [-0.3, -0.25) is 14.4 Å². The van der Waals surface area contributed by atoms with Gasteiger partial charge >= 0.3 is 0 Å². The lowest BCUT2D eigenvalue weighted by Crippen LogP contribution is -2.50. The predicted octanol–water partition coefficient (Wildman–Crippen LogP) is 2.31. The molecule has 6 nitrogen and oxygen atoms in total. The highest BCUT2D eigenvalue weighted by atomic mass is 19.2. The van der Waals surface area contributed by atoms with Gasteiger partial charge in [0.15, 0.2) is 11.6 Å². The summed E-state index contributed by atoms with van der Waals surface area (Å²) < 4.78 is 26.7. The zero-order chi connectivity index (χ0) is 20.6. The molecule has 2 aromatic rings. The molecule has 1 N–H and O–H groups in total. The van der Waals surface area contributed by atoms with Crippen LogP contribution >= 0.6 is 0 Å². The van der Waals surface area contributed by atoms with Crippen molar-refractivity contribution in [2.75, 3.05) is 19.6 Å². The number of rotatable bonds is 3. The van der Waals surface area contributed by atoms with Gasteiger partial charge in [0.1, 0.15) is 5.56 Å². The van der Waals surface area contributed by atoms with Gasteiger partial charge in [0.25, 0.3) is 11.5 Å². The number of aromatic nitrogens is 1. The van der Waals surface area contributed by atoms with Crippen molar-refractivity contribution in [3.05, 3.63) is 69.6 Å². The Morgan fingerprint density at radius 1 is 1.10 bits per heavy atom.